The minimum Gasteiger partial charge on any atom is -0.457 e. The molecule has 8 aromatic rings. The maximum Gasteiger partial charge on any atom is 0.171 e. The standard InChI is InChI=1S/C45H28NO3P/c1-28-21-29(27-46)23-31(22-28)30-19-20-36-42(24-30)49-40-17-9-6-14-35(40)45(36)37-15-7-10-18-43(37)50(47,32-11-3-2-4-12-32)44-26-41-34(25-38(44)45)33-13-5-8-16-39(33)48-41/h2-26H,1H3. The monoisotopic (exact) mass is 661 g/mol. The maximum absolute atomic E-state index is 16.2. The number of rotatable bonds is 2. The van der Waals surface area contributed by atoms with E-state index in [1.807, 2.05) is 97.9 Å². The zero-order valence-electron chi connectivity index (χ0n) is 27.1. The van der Waals surface area contributed by atoms with E-state index < -0.39 is 12.6 Å². The van der Waals surface area contributed by atoms with Gasteiger partial charge in [0, 0.05) is 37.8 Å². The predicted molar refractivity (Wildman–Crippen MR) is 200 cm³/mol. The highest BCUT2D eigenvalue weighted by Crippen LogP contribution is 2.62. The van der Waals surface area contributed by atoms with E-state index in [4.69, 9.17) is 9.15 Å². The quantitative estimate of drug-likeness (QED) is 0.173. The molecule has 2 aliphatic rings. The predicted octanol–water partition coefficient (Wildman–Crippen LogP) is 9.87. The highest BCUT2D eigenvalue weighted by molar-refractivity contribution is 7.85. The van der Waals surface area contributed by atoms with Gasteiger partial charge in [-0.1, -0.05) is 109 Å². The third-order valence-electron chi connectivity index (χ3n) is 10.4. The molecule has 0 radical (unpaired) electrons. The van der Waals surface area contributed by atoms with Crippen LogP contribution in [-0.4, -0.2) is 0 Å². The lowest BCUT2D eigenvalue weighted by molar-refractivity contribution is 0.435. The maximum atomic E-state index is 16.2. The normalized spacial score (nSPS) is 18.5. The van der Waals surface area contributed by atoms with Crippen LogP contribution in [0.5, 0.6) is 11.5 Å². The van der Waals surface area contributed by atoms with E-state index in [1.54, 1.807) is 0 Å². The van der Waals surface area contributed by atoms with Crippen LogP contribution in [-0.2, 0) is 9.98 Å². The fourth-order valence-corrected chi connectivity index (χ4v) is 11.6. The van der Waals surface area contributed by atoms with Crippen molar-refractivity contribution in [3.05, 3.63) is 185 Å². The lowest BCUT2D eigenvalue weighted by atomic mass is 9.63. The highest BCUT2D eigenvalue weighted by atomic mass is 31.2. The molecule has 7 aromatic carbocycles. The van der Waals surface area contributed by atoms with Gasteiger partial charge in [0.05, 0.1) is 17.0 Å². The van der Waals surface area contributed by atoms with Crippen LogP contribution in [0.1, 0.15) is 33.4 Å². The average Bonchev–Trinajstić information content (AvgIpc) is 3.53. The molecule has 4 nitrogen and oxygen atoms in total. The van der Waals surface area contributed by atoms with Gasteiger partial charge in [0.25, 0.3) is 0 Å². The summed E-state index contributed by atoms with van der Waals surface area (Å²) < 4.78 is 29.5. The summed E-state index contributed by atoms with van der Waals surface area (Å²) in [6, 6.07) is 53.2. The van der Waals surface area contributed by atoms with Crippen molar-refractivity contribution < 1.29 is 13.7 Å². The van der Waals surface area contributed by atoms with Crippen LogP contribution in [0.15, 0.2) is 156 Å². The number of fused-ring (bicyclic) bond motifs is 11. The van der Waals surface area contributed by atoms with Gasteiger partial charge in [-0.3, -0.25) is 0 Å². The van der Waals surface area contributed by atoms with Gasteiger partial charge in [-0.25, -0.2) is 0 Å². The number of furan rings is 1. The lowest BCUT2D eigenvalue weighted by Gasteiger charge is -2.47. The Morgan fingerprint density at radius 2 is 1.32 bits per heavy atom. The van der Waals surface area contributed by atoms with Gasteiger partial charge in [-0.2, -0.15) is 5.26 Å². The summed E-state index contributed by atoms with van der Waals surface area (Å²) in [5, 5.41) is 14.1. The van der Waals surface area contributed by atoms with Crippen LogP contribution in [0, 0.1) is 18.3 Å². The van der Waals surface area contributed by atoms with Crippen LogP contribution in [0.2, 0.25) is 0 Å². The molecule has 50 heavy (non-hydrogen) atoms. The molecule has 2 aliphatic heterocycles. The van der Waals surface area contributed by atoms with Crippen LogP contribution in [0.3, 0.4) is 0 Å². The van der Waals surface area contributed by atoms with Crippen LogP contribution in [0.4, 0.5) is 0 Å². The van der Waals surface area contributed by atoms with Crippen molar-refractivity contribution in [1.82, 2.24) is 0 Å². The Labute approximate surface area is 289 Å². The molecule has 0 N–H and O–H groups in total. The van der Waals surface area contributed by atoms with E-state index in [1.165, 1.54) is 0 Å². The van der Waals surface area contributed by atoms with Crippen LogP contribution < -0.4 is 20.7 Å². The molecule has 0 saturated heterocycles. The molecular weight excluding hydrogens is 633 g/mol. The minimum absolute atomic E-state index is 0.614. The second-order valence-electron chi connectivity index (χ2n) is 13.2. The van der Waals surface area contributed by atoms with Crippen molar-refractivity contribution >= 4 is 45.0 Å². The Morgan fingerprint density at radius 1 is 0.580 bits per heavy atom. The second kappa shape index (κ2) is 10.4. The first-order chi connectivity index (χ1) is 24.5. The van der Waals surface area contributed by atoms with Crippen molar-refractivity contribution in [2.45, 2.75) is 12.3 Å². The third-order valence-corrected chi connectivity index (χ3v) is 13.6. The molecule has 0 fully saturated rings. The minimum atomic E-state index is -3.41. The van der Waals surface area contributed by atoms with E-state index in [0.29, 0.717) is 11.1 Å². The van der Waals surface area contributed by atoms with Crippen LogP contribution in [0.25, 0.3) is 33.1 Å². The Morgan fingerprint density at radius 3 is 2.18 bits per heavy atom. The van der Waals surface area contributed by atoms with Gasteiger partial charge < -0.3 is 13.7 Å². The molecule has 0 amide bonds. The van der Waals surface area contributed by atoms with Gasteiger partial charge in [-0.15, -0.1) is 0 Å². The zero-order valence-corrected chi connectivity index (χ0v) is 27.9. The SMILES string of the molecule is Cc1cc(C#N)cc(-c2ccc3c(c2)Oc2ccccc2C32c3ccccc3P(=O)(c3ccccc3)c3cc4oc5ccccc5c4cc32)c1. The van der Waals surface area contributed by atoms with Crippen molar-refractivity contribution in [3.63, 3.8) is 0 Å². The first kappa shape index (κ1) is 28.8. The smallest absolute Gasteiger partial charge is 0.171 e. The Hall–Kier alpha value is -6.14. The molecule has 10 rings (SSSR count). The molecule has 0 saturated carbocycles. The van der Waals surface area contributed by atoms with E-state index in [-0.39, 0.29) is 0 Å². The van der Waals surface area contributed by atoms with Gasteiger partial charge in [0.1, 0.15) is 22.7 Å². The van der Waals surface area contributed by atoms with Gasteiger partial charge in [-0.05, 0) is 77.2 Å². The van der Waals surface area contributed by atoms with Crippen molar-refractivity contribution in [2.24, 2.45) is 0 Å². The number of nitrogens with zero attached hydrogens (tertiary/aromatic N) is 1. The summed E-state index contributed by atoms with van der Waals surface area (Å²) in [5.41, 5.74) is 8.04. The fraction of sp³-hybridized carbons (Fsp3) is 0.0444. The number of ether oxygens (including phenoxy) is 1. The average molecular weight is 662 g/mol. The Balaban J connectivity index is 1.37. The summed E-state index contributed by atoms with van der Waals surface area (Å²) >= 11 is 0. The lowest BCUT2D eigenvalue weighted by Crippen LogP contribution is -2.47. The number of benzene rings is 7. The molecule has 3 heterocycles. The first-order valence-electron chi connectivity index (χ1n) is 16.7. The van der Waals surface area contributed by atoms with E-state index >= 15 is 4.57 Å². The molecule has 0 bridgehead atoms. The fourth-order valence-electron chi connectivity index (χ4n) is 8.40. The second-order valence-corrected chi connectivity index (χ2v) is 15.9. The van der Waals surface area contributed by atoms with Gasteiger partial charge in [0.2, 0.25) is 0 Å². The van der Waals surface area contributed by atoms with Gasteiger partial charge in [0.15, 0.2) is 7.14 Å². The van der Waals surface area contributed by atoms with Gasteiger partial charge >= 0.3 is 0 Å². The molecule has 2 atom stereocenters. The van der Waals surface area contributed by atoms with E-state index in [0.717, 1.165) is 82.7 Å². The summed E-state index contributed by atoms with van der Waals surface area (Å²) in [6.45, 7) is 2.01. The number of hydrogen-bond donors (Lipinski definition) is 0. The van der Waals surface area contributed by atoms with E-state index in [2.05, 4.69) is 66.7 Å². The molecule has 1 spiro atoms. The summed E-state index contributed by atoms with van der Waals surface area (Å²) in [6.07, 6.45) is 0. The Kier molecular flexibility index (Phi) is 6.01. The highest BCUT2D eigenvalue weighted by Gasteiger charge is 2.55. The summed E-state index contributed by atoms with van der Waals surface area (Å²) in [7, 11) is -3.41. The first-order valence-corrected chi connectivity index (χ1v) is 18.4. The van der Waals surface area contributed by atoms with E-state index in [9.17, 15) is 5.26 Å². The molecule has 5 heteroatoms. The molecule has 0 aliphatic carbocycles. The zero-order chi connectivity index (χ0) is 33.6. The van der Waals surface area contributed by atoms with Crippen LogP contribution >= 0.6 is 7.14 Å². The largest absolute Gasteiger partial charge is 0.457 e. The van der Waals surface area contributed by atoms with Crippen molar-refractivity contribution in [2.75, 3.05) is 0 Å². The van der Waals surface area contributed by atoms with Crippen molar-refractivity contribution in [3.8, 4) is 28.7 Å². The molecular formula is C45H28NO3P. The summed E-state index contributed by atoms with van der Waals surface area (Å²) in [4.78, 5) is 0. The third kappa shape index (κ3) is 3.79. The number of nitriles is 1. The van der Waals surface area contributed by atoms with Crippen molar-refractivity contribution in [1.29, 1.82) is 5.26 Å². The number of para-hydroxylation sites is 2. The molecule has 2 unspecified atom stereocenters. The summed E-state index contributed by atoms with van der Waals surface area (Å²) in [5.74, 6) is 1.46. The topological polar surface area (TPSA) is 63.2 Å². The number of aryl methyl sites for hydroxylation is 1. The molecule has 1 aromatic heterocycles. The molecule has 236 valence electrons. The Bertz CT molecular complexity index is 2810. The number of hydrogen-bond acceptors (Lipinski definition) is 4.